The van der Waals surface area contributed by atoms with E-state index in [9.17, 15) is 24.7 Å². The molecule has 4 atom stereocenters. The van der Waals surface area contributed by atoms with E-state index in [1.54, 1.807) is 18.2 Å². The lowest BCUT2D eigenvalue weighted by Gasteiger charge is -2.31. The molecule has 10 nitrogen and oxygen atoms in total. The molecule has 0 aromatic rings. The van der Waals surface area contributed by atoms with Gasteiger partial charge in [-0.05, 0) is 13.3 Å². The Labute approximate surface area is 174 Å². The van der Waals surface area contributed by atoms with Crippen molar-refractivity contribution in [2.45, 2.75) is 43.7 Å². The summed E-state index contributed by atoms with van der Waals surface area (Å²) in [5.74, 6) is -1.19. The molecule has 0 radical (unpaired) electrons. The van der Waals surface area contributed by atoms with E-state index >= 15 is 0 Å². The highest BCUT2D eigenvalue weighted by Gasteiger charge is 2.36. The van der Waals surface area contributed by atoms with Crippen molar-refractivity contribution in [1.82, 2.24) is 0 Å². The van der Waals surface area contributed by atoms with Crippen LogP contribution in [0.1, 0.15) is 19.8 Å². The molecule has 0 fully saturated rings. The predicted octanol–water partition coefficient (Wildman–Crippen LogP) is 0.575. The van der Waals surface area contributed by atoms with Crippen molar-refractivity contribution in [3.63, 3.8) is 0 Å². The fourth-order valence-electron chi connectivity index (χ4n) is 2.11. The van der Waals surface area contributed by atoms with Gasteiger partial charge in [0.05, 0.1) is 18.8 Å². The number of carboxylic acids is 1. The molecule has 0 aliphatic carbocycles. The maximum absolute atomic E-state index is 11.3. The Bertz CT molecular complexity index is 702. The minimum absolute atomic E-state index is 0.0642. The maximum atomic E-state index is 11.3. The largest absolute Gasteiger partial charge is 0.478 e. The van der Waals surface area contributed by atoms with Crippen molar-refractivity contribution in [1.29, 1.82) is 0 Å². The first-order valence-electron chi connectivity index (χ1n) is 8.89. The van der Waals surface area contributed by atoms with Crippen molar-refractivity contribution in [3.05, 3.63) is 60.8 Å². The van der Waals surface area contributed by atoms with Crippen molar-refractivity contribution < 1.29 is 49.2 Å². The summed E-state index contributed by atoms with van der Waals surface area (Å²) in [4.78, 5) is 28.6. The van der Waals surface area contributed by atoms with Gasteiger partial charge < -0.3 is 35.3 Å². The van der Waals surface area contributed by atoms with Crippen LogP contribution < -0.4 is 0 Å². The number of rotatable bonds is 14. The van der Waals surface area contributed by atoms with E-state index in [0.29, 0.717) is 0 Å². The molecule has 7 N–H and O–H groups in total. The highest BCUT2D eigenvalue weighted by atomic mass is 31.2. The summed E-state index contributed by atoms with van der Waals surface area (Å²) in [6.07, 6.45) is 8.82. The Morgan fingerprint density at radius 2 is 1.70 bits per heavy atom. The van der Waals surface area contributed by atoms with Gasteiger partial charge in [0, 0.05) is 12.5 Å². The molecule has 170 valence electrons. The number of aliphatic carboxylic acids is 1. The van der Waals surface area contributed by atoms with Crippen molar-refractivity contribution in [2.75, 3.05) is 6.61 Å². The van der Waals surface area contributed by atoms with Gasteiger partial charge in [-0.1, -0.05) is 54.7 Å². The minimum atomic E-state index is -5.01. The minimum Gasteiger partial charge on any atom is -0.478 e. The molecule has 0 aliphatic rings. The summed E-state index contributed by atoms with van der Waals surface area (Å²) in [5, 5.41) is 47.5. The van der Waals surface area contributed by atoms with Crippen LogP contribution in [0.25, 0.3) is 0 Å². The number of allylic oxidation sites excluding steroid dienone is 4. The van der Waals surface area contributed by atoms with E-state index in [4.69, 9.17) is 20.0 Å². The zero-order valence-electron chi connectivity index (χ0n) is 16.4. The predicted molar refractivity (Wildman–Crippen MR) is 109 cm³/mol. The molecule has 0 aromatic carbocycles. The topological polar surface area (TPSA) is 185 Å². The van der Waals surface area contributed by atoms with Gasteiger partial charge in [-0.2, -0.15) is 0 Å². The Hall–Kier alpha value is -1.88. The molecule has 0 amide bonds. The summed E-state index contributed by atoms with van der Waals surface area (Å²) < 4.78 is 15.9. The zero-order valence-corrected chi connectivity index (χ0v) is 17.3. The molecular formula is C19H29O10P. The Kier molecular flexibility index (Phi) is 13.3. The van der Waals surface area contributed by atoms with Crippen molar-refractivity contribution in [3.8, 4) is 0 Å². The third kappa shape index (κ3) is 15.0. The number of phosphoric ester groups is 1. The molecule has 0 heterocycles. The summed E-state index contributed by atoms with van der Waals surface area (Å²) >= 11 is 0. The van der Waals surface area contributed by atoms with E-state index in [2.05, 4.69) is 4.52 Å². The van der Waals surface area contributed by atoms with Gasteiger partial charge in [0.25, 0.3) is 0 Å². The van der Waals surface area contributed by atoms with Crippen molar-refractivity contribution in [2.24, 2.45) is 0 Å². The number of hydrogen-bond donors (Lipinski definition) is 7. The second-order valence-corrected chi connectivity index (χ2v) is 7.59. The molecule has 0 spiro atoms. The summed E-state index contributed by atoms with van der Waals surface area (Å²) in [6, 6.07) is 0. The van der Waals surface area contributed by atoms with Crippen molar-refractivity contribution >= 4 is 13.8 Å². The molecule has 0 saturated carbocycles. The standard InChI is InChI=1S/C19H29O10P/c1-19(25,12-11-15(21)9-7-10-18(23)24)17(29-30(26,27)28)14-16(22)8-5-3-2-4-6-13-20/h2-8,10-12,15-17,20-22,25H,9,13-14H2,1H3,(H,23,24)(H2,26,27,28). The lowest BCUT2D eigenvalue weighted by molar-refractivity contribution is -0.131. The number of aliphatic hydroxyl groups excluding tert-OH is 3. The van der Waals surface area contributed by atoms with Gasteiger partial charge in [0.2, 0.25) is 0 Å². The fraction of sp³-hybridized carbons (Fsp3) is 0.421. The van der Waals surface area contributed by atoms with Crippen LogP contribution in [0.4, 0.5) is 0 Å². The molecule has 0 bridgehead atoms. The van der Waals surface area contributed by atoms with Gasteiger partial charge in [0.15, 0.2) is 0 Å². The first-order valence-corrected chi connectivity index (χ1v) is 10.4. The Balaban J connectivity index is 5.19. The number of carboxylic acid groups (broad SMARTS) is 1. The smallest absolute Gasteiger partial charge is 0.469 e. The summed E-state index contributed by atoms with van der Waals surface area (Å²) in [7, 11) is -5.01. The second-order valence-electron chi connectivity index (χ2n) is 6.40. The van der Waals surface area contributed by atoms with Crippen LogP contribution in [0.3, 0.4) is 0 Å². The third-order valence-corrected chi connectivity index (χ3v) is 4.10. The number of aliphatic hydroxyl groups is 4. The Morgan fingerprint density at radius 3 is 2.27 bits per heavy atom. The van der Waals surface area contributed by atoms with Gasteiger partial charge >= 0.3 is 13.8 Å². The van der Waals surface area contributed by atoms with E-state index < -0.39 is 37.7 Å². The van der Waals surface area contributed by atoms with E-state index in [0.717, 1.165) is 18.2 Å². The lowest BCUT2D eigenvalue weighted by Crippen LogP contribution is -2.41. The van der Waals surface area contributed by atoms with E-state index in [1.807, 2.05) is 0 Å². The SMILES string of the molecule is CC(O)(C=CC(O)CC=CC(=O)O)C(CC(O)C=CC=CC=CCO)OP(=O)(O)O. The second kappa shape index (κ2) is 14.2. The molecular weight excluding hydrogens is 419 g/mol. The highest BCUT2D eigenvalue weighted by Crippen LogP contribution is 2.41. The maximum Gasteiger partial charge on any atom is 0.469 e. The van der Waals surface area contributed by atoms with Crippen LogP contribution in [-0.4, -0.2) is 71.8 Å². The van der Waals surface area contributed by atoms with Gasteiger partial charge in [-0.15, -0.1) is 0 Å². The molecule has 0 aliphatic heterocycles. The normalized spacial score (nSPS) is 18.6. The Morgan fingerprint density at radius 1 is 1.07 bits per heavy atom. The fourth-order valence-corrected chi connectivity index (χ4v) is 2.74. The van der Waals surface area contributed by atoms with Gasteiger partial charge in [-0.25, -0.2) is 9.36 Å². The summed E-state index contributed by atoms with van der Waals surface area (Å²) in [6.45, 7) is 1.06. The first kappa shape index (κ1) is 28.1. The molecule has 4 unspecified atom stereocenters. The number of carbonyl (C=O) groups is 1. The third-order valence-electron chi connectivity index (χ3n) is 3.57. The van der Waals surface area contributed by atoms with Crippen LogP contribution in [-0.2, 0) is 13.9 Å². The molecule has 0 saturated heterocycles. The van der Waals surface area contributed by atoms with Crippen LogP contribution >= 0.6 is 7.82 Å². The zero-order chi connectivity index (χ0) is 23.2. The summed E-state index contributed by atoms with van der Waals surface area (Å²) in [5.41, 5.74) is -1.98. The lowest BCUT2D eigenvalue weighted by atomic mass is 9.93. The number of hydrogen-bond acceptors (Lipinski definition) is 7. The van der Waals surface area contributed by atoms with Gasteiger partial charge in [0.1, 0.15) is 11.7 Å². The molecule has 0 rings (SSSR count). The van der Waals surface area contributed by atoms with Crippen LogP contribution in [0.5, 0.6) is 0 Å². The van der Waals surface area contributed by atoms with Gasteiger partial charge in [-0.3, -0.25) is 4.52 Å². The van der Waals surface area contributed by atoms with Crippen LogP contribution in [0.2, 0.25) is 0 Å². The average Bonchev–Trinajstić information content (AvgIpc) is 2.61. The highest BCUT2D eigenvalue weighted by molar-refractivity contribution is 7.46. The first-order chi connectivity index (χ1) is 13.9. The molecule has 0 aromatic heterocycles. The molecule has 30 heavy (non-hydrogen) atoms. The monoisotopic (exact) mass is 448 g/mol. The molecule has 11 heteroatoms. The van der Waals surface area contributed by atoms with Crippen LogP contribution in [0, 0.1) is 0 Å². The quantitative estimate of drug-likeness (QED) is 0.0858. The van der Waals surface area contributed by atoms with E-state index in [-0.39, 0.29) is 19.4 Å². The van der Waals surface area contributed by atoms with Crippen LogP contribution in [0.15, 0.2) is 60.8 Å². The average molecular weight is 448 g/mol. The van der Waals surface area contributed by atoms with E-state index in [1.165, 1.54) is 31.2 Å². The number of phosphoric acid groups is 1.